The average molecular weight is 288 g/mol. The first kappa shape index (κ1) is 12.5. The third-order valence-electron chi connectivity index (χ3n) is 3.89. The van der Waals surface area contributed by atoms with Gasteiger partial charge in [-0.05, 0) is 37.8 Å². The smallest absolute Gasteiger partial charge is 0.124 e. The lowest BCUT2D eigenvalue weighted by molar-refractivity contribution is 0.628. The summed E-state index contributed by atoms with van der Waals surface area (Å²) in [4.78, 5) is 6.14. The van der Waals surface area contributed by atoms with Crippen LogP contribution in [0.15, 0.2) is 24.3 Å². The quantitative estimate of drug-likeness (QED) is 0.896. The first-order valence-corrected chi connectivity index (χ1v) is 8.10. The fraction of sp³-hybridized carbons (Fsp3) is 0.438. The van der Waals surface area contributed by atoms with Crippen LogP contribution in [-0.2, 0) is 6.54 Å². The second-order valence-electron chi connectivity index (χ2n) is 5.77. The van der Waals surface area contributed by atoms with E-state index in [1.165, 1.54) is 42.3 Å². The minimum Gasteiger partial charge on any atom is -0.309 e. The van der Waals surface area contributed by atoms with Crippen LogP contribution >= 0.6 is 11.3 Å². The van der Waals surface area contributed by atoms with Crippen LogP contribution in [0.2, 0.25) is 0 Å². The van der Waals surface area contributed by atoms with Gasteiger partial charge in [-0.15, -0.1) is 11.3 Å². The molecular weight excluding hydrogens is 271 g/mol. The molecule has 2 fully saturated rings. The van der Waals surface area contributed by atoms with Gasteiger partial charge in [-0.25, -0.2) is 9.37 Å². The molecule has 0 amide bonds. The van der Waals surface area contributed by atoms with Gasteiger partial charge in [0.2, 0.25) is 0 Å². The van der Waals surface area contributed by atoms with Crippen molar-refractivity contribution >= 4 is 11.3 Å². The molecule has 2 aromatic rings. The number of thiazole rings is 1. The zero-order valence-corrected chi connectivity index (χ0v) is 12.0. The third kappa shape index (κ3) is 2.63. The highest BCUT2D eigenvalue weighted by molar-refractivity contribution is 7.15. The van der Waals surface area contributed by atoms with Gasteiger partial charge in [-0.3, -0.25) is 0 Å². The van der Waals surface area contributed by atoms with Crippen LogP contribution < -0.4 is 5.32 Å². The molecule has 2 saturated carbocycles. The SMILES string of the molecule is Fc1cccc(-c2nc(C3CC3)c(CNC3CC3)s2)c1. The van der Waals surface area contributed by atoms with E-state index in [1.807, 2.05) is 6.07 Å². The monoisotopic (exact) mass is 288 g/mol. The van der Waals surface area contributed by atoms with E-state index in [0.717, 1.165) is 17.1 Å². The van der Waals surface area contributed by atoms with Crippen LogP contribution in [0.1, 0.15) is 42.2 Å². The normalized spacial score (nSPS) is 18.4. The maximum atomic E-state index is 13.4. The van der Waals surface area contributed by atoms with E-state index < -0.39 is 0 Å². The van der Waals surface area contributed by atoms with Crippen molar-refractivity contribution in [1.29, 1.82) is 0 Å². The molecule has 0 radical (unpaired) electrons. The summed E-state index contributed by atoms with van der Waals surface area (Å²) in [5.74, 6) is 0.452. The summed E-state index contributed by atoms with van der Waals surface area (Å²) in [7, 11) is 0. The van der Waals surface area contributed by atoms with Gasteiger partial charge < -0.3 is 5.32 Å². The van der Waals surface area contributed by atoms with E-state index in [2.05, 4.69) is 5.32 Å². The second-order valence-corrected chi connectivity index (χ2v) is 6.85. The summed E-state index contributed by atoms with van der Waals surface area (Å²) in [5, 5.41) is 4.53. The van der Waals surface area contributed by atoms with Crippen LogP contribution in [0, 0.1) is 5.82 Å². The Labute approximate surface area is 122 Å². The topological polar surface area (TPSA) is 24.9 Å². The Morgan fingerprint density at radius 3 is 2.80 bits per heavy atom. The van der Waals surface area contributed by atoms with Crippen LogP contribution in [0.4, 0.5) is 4.39 Å². The molecule has 1 aromatic heterocycles. The molecule has 1 N–H and O–H groups in total. The largest absolute Gasteiger partial charge is 0.309 e. The zero-order chi connectivity index (χ0) is 13.5. The maximum Gasteiger partial charge on any atom is 0.124 e. The van der Waals surface area contributed by atoms with E-state index in [9.17, 15) is 4.39 Å². The van der Waals surface area contributed by atoms with Crippen molar-refractivity contribution in [2.24, 2.45) is 0 Å². The molecule has 0 spiro atoms. The molecule has 0 unspecified atom stereocenters. The molecular formula is C16H17FN2S. The van der Waals surface area contributed by atoms with Gasteiger partial charge in [0.25, 0.3) is 0 Å². The molecule has 2 nitrogen and oxygen atoms in total. The van der Waals surface area contributed by atoms with Gasteiger partial charge in [0.15, 0.2) is 0 Å². The summed E-state index contributed by atoms with van der Waals surface area (Å²) in [6, 6.07) is 7.46. The average Bonchev–Trinajstić information content (AvgIpc) is 3.36. The summed E-state index contributed by atoms with van der Waals surface area (Å²) in [5.41, 5.74) is 2.15. The molecule has 20 heavy (non-hydrogen) atoms. The van der Waals surface area contributed by atoms with Gasteiger partial charge >= 0.3 is 0 Å². The Balaban J connectivity index is 1.63. The highest BCUT2D eigenvalue weighted by Crippen LogP contribution is 2.44. The number of rotatable bonds is 5. The summed E-state index contributed by atoms with van der Waals surface area (Å²) >= 11 is 1.72. The number of benzene rings is 1. The molecule has 4 heteroatoms. The van der Waals surface area contributed by atoms with Gasteiger partial charge in [-0.1, -0.05) is 12.1 Å². The van der Waals surface area contributed by atoms with Gasteiger partial charge in [0.05, 0.1) is 5.69 Å². The van der Waals surface area contributed by atoms with Crippen molar-refractivity contribution in [3.63, 3.8) is 0 Å². The van der Waals surface area contributed by atoms with E-state index in [0.29, 0.717) is 12.0 Å². The first-order valence-electron chi connectivity index (χ1n) is 7.28. The number of nitrogens with zero attached hydrogens (tertiary/aromatic N) is 1. The van der Waals surface area contributed by atoms with Gasteiger partial charge in [0.1, 0.15) is 10.8 Å². The first-order chi connectivity index (χ1) is 9.79. The predicted molar refractivity (Wildman–Crippen MR) is 79.3 cm³/mol. The number of hydrogen-bond acceptors (Lipinski definition) is 3. The second kappa shape index (κ2) is 4.93. The number of nitrogens with one attached hydrogen (secondary N) is 1. The molecule has 0 bridgehead atoms. The molecule has 1 aromatic carbocycles. The van der Waals surface area contributed by atoms with Crippen LogP contribution in [0.25, 0.3) is 10.6 Å². The minimum atomic E-state index is -0.191. The van der Waals surface area contributed by atoms with Crippen LogP contribution in [0.3, 0.4) is 0 Å². The van der Waals surface area contributed by atoms with Crippen molar-refractivity contribution < 1.29 is 4.39 Å². The number of hydrogen-bond donors (Lipinski definition) is 1. The highest BCUT2D eigenvalue weighted by Gasteiger charge is 2.30. The molecule has 1 heterocycles. The lowest BCUT2D eigenvalue weighted by Crippen LogP contribution is -2.15. The lowest BCUT2D eigenvalue weighted by Gasteiger charge is -2.01. The van der Waals surface area contributed by atoms with Crippen molar-refractivity contribution in [2.45, 2.75) is 44.2 Å². The molecule has 0 aliphatic heterocycles. The Morgan fingerprint density at radius 2 is 2.10 bits per heavy atom. The Bertz CT molecular complexity index is 629. The van der Waals surface area contributed by atoms with Crippen LogP contribution in [-0.4, -0.2) is 11.0 Å². The van der Waals surface area contributed by atoms with E-state index >= 15 is 0 Å². The van der Waals surface area contributed by atoms with Crippen molar-refractivity contribution in [3.8, 4) is 10.6 Å². The minimum absolute atomic E-state index is 0.191. The van der Waals surface area contributed by atoms with Crippen molar-refractivity contribution in [2.75, 3.05) is 0 Å². The molecule has 4 rings (SSSR count). The Morgan fingerprint density at radius 1 is 1.25 bits per heavy atom. The van der Waals surface area contributed by atoms with E-state index in [4.69, 9.17) is 4.98 Å². The fourth-order valence-corrected chi connectivity index (χ4v) is 3.53. The summed E-state index contributed by atoms with van der Waals surface area (Å²) in [6.07, 6.45) is 5.11. The molecule has 0 saturated heterocycles. The van der Waals surface area contributed by atoms with Crippen molar-refractivity contribution in [3.05, 3.63) is 40.7 Å². The van der Waals surface area contributed by atoms with E-state index in [-0.39, 0.29) is 5.82 Å². The third-order valence-corrected chi connectivity index (χ3v) is 5.01. The fourth-order valence-electron chi connectivity index (χ4n) is 2.44. The molecule has 2 aliphatic rings. The predicted octanol–water partition coefficient (Wildman–Crippen LogP) is 4.08. The lowest BCUT2D eigenvalue weighted by atomic mass is 10.2. The molecule has 0 atom stereocenters. The number of aromatic nitrogens is 1. The standard InChI is InChI=1S/C16H17FN2S/c17-12-3-1-2-11(8-12)16-19-15(10-4-5-10)14(20-16)9-18-13-6-7-13/h1-3,8,10,13,18H,4-7,9H2. The van der Waals surface area contributed by atoms with Crippen molar-refractivity contribution in [1.82, 2.24) is 10.3 Å². The molecule has 104 valence electrons. The van der Waals surface area contributed by atoms with Crippen LogP contribution in [0.5, 0.6) is 0 Å². The molecule has 2 aliphatic carbocycles. The summed E-state index contributed by atoms with van der Waals surface area (Å²) in [6.45, 7) is 0.920. The van der Waals surface area contributed by atoms with Gasteiger partial charge in [0, 0.05) is 28.9 Å². The Hall–Kier alpha value is -1.26. The highest BCUT2D eigenvalue weighted by atomic mass is 32.1. The van der Waals surface area contributed by atoms with E-state index in [1.54, 1.807) is 23.5 Å². The Kier molecular flexibility index (Phi) is 3.08. The zero-order valence-electron chi connectivity index (χ0n) is 11.2. The maximum absolute atomic E-state index is 13.4. The summed E-state index contributed by atoms with van der Waals surface area (Å²) < 4.78 is 13.4. The van der Waals surface area contributed by atoms with Gasteiger partial charge in [-0.2, -0.15) is 0 Å². The number of halogens is 1.